The summed E-state index contributed by atoms with van der Waals surface area (Å²) in [5.74, 6) is -1.40. The number of rotatable bonds is 7. The van der Waals surface area contributed by atoms with Gasteiger partial charge in [0.1, 0.15) is 6.04 Å². The molecule has 0 aliphatic carbocycles. The number of amides is 3. The molecule has 2 heterocycles. The first-order valence-electron chi connectivity index (χ1n) is 9.74. The minimum absolute atomic E-state index is 0.0814. The molecule has 3 N–H and O–H groups in total. The summed E-state index contributed by atoms with van der Waals surface area (Å²) in [4.78, 5) is 53.7. The van der Waals surface area contributed by atoms with Gasteiger partial charge >= 0.3 is 5.97 Å². The summed E-state index contributed by atoms with van der Waals surface area (Å²) in [6.07, 6.45) is 2.26. The van der Waals surface area contributed by atoms with Crippen molar-refractivity contribution in [2.75, 3.05) is 16.9 Å². The van der Waals surface area contributed by atoms with Crippen LogP contribution < -0.4 is 10.6 Å². The highest BCUT2D eigenvalue weighted by molar-refractivity contribution is 7.99. The highest BCUT2D eigenvalue weighted by atomic mass is 35.5. The van der Waals surface area contributed by atoms with E-state index in [4.69, 9.17) is 23.2 Å². The largest absolute Gasteiger partial charge is 0.481 e. The van der Waals surface area contributed by atoms with E-state index in [1.807, 2.05) is 0 Å². The molecular formula is C21H20Cl2N4O5S. The van der Waals surface area contributed by atoms with Crippen molar-refractivity contribution in [2.45, 2.75) is 25.4 Å². The van der Waals surface area contributed by atoms with Gasteiger partial charge in [0.05, 0.1) is 33.9 Å². The summed E-state index contributed by atoms with van der Waals surface area (Å²) < 4.78 is 0. The zero-order valence-electron chi connectivity index (χ0n) is 17.4. The quantitative estimate of drug-likeness (QED) is 0.521. The van der Waals surface area contributed by atoms with Crippen LogP contribution in [0.3, 0.4) is 0 Å². The molecule has 9 nitrogen and oxygen atoms in total. The van der Waals surface area contributed by atoms with E-state index in [9.17, 15) is 24.3 Å². The van der Waals surface area contributed by atoms with Crippen LogP contribution in [0.2, 0.25) is 10.0 Å². The first-order valence-corrected chi connectivity index (χ1v) is 11.7. The zero-order valence-corrected chi connectivity index (χ0v) is 19.7. The molecule has 1 fully saturated rings. The molecule has 1 aromatic carbocycles. The van der Waals surface area contributed by atoms with Crippen LogP contribution in [-0.2, 0) is 14.4 Å². The van der Waals surface area contributed by atoms with E-state index in [0.29, 0.717) is 22.9 Å². The Morgan fingerprint density at radius 3 is 2.39 bits per heavy atom. The zero-order chi connectivity index (χ0) is 24.1. The topological polar surface area (TPSA) is 129 Å². The van der Waals surface area contributed by atoms with Crippen LogP contribution in [0.4, 0.5) is 5.69 Å². The molecule has 0 radical (unpaired) electrons. The van der Waals surface area contributed by atoms with Gasteiger partial charge in [0.25, 0.3) is 5.91 Å². The van der Waals surface area contributed by atoms with E-state index >= 15 is 0 Å². The molecule has 174 valence electrons. The Bertz CT molecular complexity index is 1060. The number of aromatic nitrogens is 1. The Balaban J connectivity index is 1.74. The number of benzene rings is 1. The van der Waals surface area contributed by atoms with E-state index in [1.165, 1.54) is 36.0 Å². The number of halogens is 2. The van der Waals surface area contributed by atoms with E-state index in [2.05, 4.69) is 15.6 Å². The fourth-order valence-electron chi connectivity index (χ4n) is 3.29. The van der Waals surface area contributed by atoms with Crippen LogP contribution in [0.25, 0.3) is 0 Å². The van der Waals surface area contributed by atoms with Crippen LogP contribution in [0.5, 0.6) is 0 Å². The first-order chi connectivity index (χ1) is 15.7. The Kier molecular flexibility index (Phi) is 8.17. The predicted molar refractivity (Wildman–Crippen MR) is 125 cm³/mol. The van der Waals surface area contributed by atoms with Crippen molar-refractivity contribution in [1.29, 1.82) is 0 Å². The number of nitrogens with one attached hydrogen (secondary N) is 2. The summed E-state index contributed by atoms with van der Waals surface area (Å²) in [5.41, 5.74) is 1.03. The Morgan fingerprint density at radius 2 is 1.82 bits per heavy atom. The number of carbonyl (C=O) groups is 4. The minimum Gasteiger partial charge on any atom is -0.481 e. The summed E-state index contributed by atoms with van der Waals surface area (Å²) in [5, 5.41) is 14.9. The van der Waals surface area contributed by atoms with Crippen LogP contribution in [-0.4, -0.2) is 56.4 Å². The van der Waals surface area contributed by atoms with Gasteiger partial charge in [-0.2, -0.15) is 0 Å². The van der Waals surface area contributed by atoms with Crippen LogP contribution in [0.1, 0.15) is 35.3 Å². The molecule has 33 heavy (non-hydrogen) atoms. The predicted octanol–water partition coefficient (Wildman–Crippen LogP) is 3.19. The molecule has 2 atom stereocenters. The van der Waals surface area contributed by atoms with Gasteiger partial charge < -0.3 is 20.6 Å². The molecule has 1 aromatic heterocycles. The SMILES string of the molecule is CC(=O)N1CSC[C@@H]1C(=O)NC(CC(=O)O)c1ccc(NC(=O)c2c(Cl)cncc2Cl)cc1. The van der Waals surface area contributed by atoms with Crippen LogP contribution in [0.15, 0.2) is 36.7 Å². The third kappa shape index (κ3) is 6.16. The van der Waals surface area contributed by atoms with Gasteiger partial charge in [0.15, 0.2) is 0 Å². The van der Waals surface area contributed by atoms with Crippen LogP contribution in [0, 0.1) is 0 Å². The Hall–Kier alpha value is -2.82. The molecule has 1 aliphatic heterocycles. The second-order valence-electron chi connectivity index (χ2n) is 7.22. The lowest BCUT2D eigenvalue weighted by Gasteiger charge is -2.25. The van der Waals surface area contributed by atoms with E-state index in [1.54, 1.807) is 24.3 Å². The number of aliphatic carboxylic acids is 1. The molecule has 1 saturated heterocycles. The molecule has 3 amide bonds. The standard InChI is InChI=1S/C21H20Cl2N4O5S/c1-11(28)27-10-33-9-17(27)20(31)26-16(6-18(29)30)12-2-4-13(5-3-12)25-21(32)19-14(22)7-24-8-15(19)23/h2-5,7-8,16-17H,6,9-10H2,1H3,(H,25,32)(H,26,31)(H,29,30)/t16?,17-/m1/s1. The normalized spacial score (nSPS) is 16.2. The number of carboxylic acids is 1. The van der Waals surface area contributed by atoms with Crippen molar-refractivity contribution in [3.05, 3.63) is 57.8 Å². The van der Waals surface area contributed by atoms with Gasteiger partial charge in [-0.25, -0.2) is 0 Å². The maximum atomic E-state index is 12.8. The summed E-state index contributed by atoms with van der Waals surface area (Å²) in [6.45, 7) is 1.39. The maximum Gasteiger partial charge on any atom is 0.305 e. The highest BCUT2D eigenvalue weighted by Crippen LogP contribution is 2.26. The smallest absolute Gasteiger partial charge is 0.305 e. The molecule has 0 saturated carbocycles. The van der Waals surface area contributed by atoms with E-state index in [0.717, 1.165) is 0 Å². The number of hydrogen-bond donors (Lipinski definition) is 3. The average molecular weight is 511 g/mol. The number of carbonyl (C=O) groups excluding carboxylic acids is 3. The van der Waals surface area contributed by atoms with Gasteiger partial charge in [0.2, 0.25) is 11.8 Å². The van der Waals surface area contributed by atoms with E-state index in [-0.39, 0.29) is 27.9 Å². The van der Waals surface area contributed by atoms with Gasteiger partial charge in [-0.1, -0.05) is 35.3 Å². The molecule has 0 bridgehead atoms. The molecule has 2 aromatic rings. The van der Waals surface area contributed by atoms with Crippen molar-refractivity contribution >= 4 is 64.3 Å². The fourth-order valence-corrected chi connectivity index (χ4v) is 5.04. The van der Waals surface area contributed by atoms with Crippen molar-refractivity contribution in [3.8, 4) is 0 Å². The summed E-state index contributed by atoms with van der Waals surface area (Å²) in [6, 6.07) is 4.88. The third-order valence-electron chi connectivity index (χ3n) is 4.94. The lowest BCUT2D eigenvalue weighted by Crippen LogP contribution is -2.47. The molecule has 0 spiro atoms. The van der Waals surface area contributed by atoms with Crippen molar-refractivity contribution in [2.24, 2.45) is 0 Å². The fraction of sp³-hybridized carbons (Fsp3) is 0.286. The van der Waals surface area contributed by atoms with Crippen molar-refractivity contribution in [3.63, 3.8) is 0 Å². The van der Waals surface area contributed by atoms with Crippen molar-refractivity contribution < 1.29 is 24.3 Å². The highest BCUT2D eigenvalue weighted by Gasteiger charge is 2.34. The lowest BCUT2D eigenvalue weighted by molar-refractivity contribution is -0.139. The number of thioether (sulfide) groups is 1. The Morgan fingerprint density at radius 1 is 1.18 bits per heavy atom. The summed E-state index contributed by atoms with van der Waals surface area (Å²) >= 11 is 13.5. The van der Waals surface area contributed by atoms with Gasteiger partial charge in [0, 0.05) is 30.8 Å². The monoisotopic (exact) mass is 510 g/mol. The molecule has 3 rings (SSSR count). The second kappa shape index (κ2) is 10.9. The van der Waals surface area contributed by atoms with Gasteiger partial charge in [-0.3, -0.25) is 24.2 Å². The lowest BCUT2D eigenvalue weighted by atomic mass is 10.0. The molecule has 1 unspecified atom stereocenters. The molecule has 1 aliphatic rings. The van der Waals surface area contributed by atoms with Crippen LogP contribution >= 0.6 is 35.0 Å². The van der Waals surface area contributed by atoms with E-state index < -0.39 is 29.9 Å². The number of carboxylic acid groups (broad SMARTS) is 1. The molecular weight excluding hydrogens is 491 g/mol. The third-order valence-corrected chi connectivity index (χ3v) is 6.52. The number of anilines is 1. The molecule has 12 heteroatoms. The van der Waals surface area contributed by atoms with Gasteiger partial charge in [-0.05, 0) is 17.7 Å². The Labute approximate surface area is 203 Å². The average Bonchev–Trinajstić information content (AvgIpc) is 3.24. The number of nitrogens with zero attached hydrogens (tertiary/aromatic N) is 2. The van der Waals surface area contributed by atoms with Gasteiger partial charge in [-0.15, -0.1) is 11.8 Å². The summed E-state index contributed by atoms with van der Waals surface area (Å²) in [7, 11) is 0. The number of pyridine rings is 1. The number of hydrogen-bond acceptors (Lipinski definition) is 6. The minimum atomic E-state index is -1.09. The first kappa shape index (κ1) is 24.8. The maximum absolute atomic E-state index is 12.8. The van der Waals surface area contributed by atoms with Crippen molar-refractivity contribution in [1.82, 2.24) is 15.2 Å². The second-order valence-corrected chi connectivity index (χ2v) is 9.03.